The zero-order valence-electron chi connectivity index (χ0n) is 27.1. The van der Waals surface area contributed by atoms with Gasteiger partial charge < -0.3 is 25.2 Å². The summed E-state index contributed by atoms with van der Waals surface area (Å²) in [6.07, 6.45) is 2.62. The summed E-state index contributed by atoms with van der Waals surface area (Å²) in [5.74, 6) is -1.97. The number of halogens is 2. The first-order chi connectivity index (χ1) is 22.2. The Morgan fingerprint density at radius 3 is 2.36 bits per heavy atom. The van der Waals surface area contributed by atoms with E-state index in [2.05, 4.69) is 5.32 Å². The fourth-order valence-electron chi connectivity index (χ4n) is 6.65. The highest BCUT2D eigenvalue weighted by Crippen LogP contribution is 2.48. The summed E-state index contributed by atoms with van der Waals surface area (Å²) in [4.78, 5) is 42.3. The van der Waals surface area contributed by atoms with Crippen molar-refractivity contribution in [3.63, 3.8) is 0 Å². The van der Waals surface area contributed by atoms with Gasteiger partial charge in [-0.2, -0.15) is 0 Å². The number of hydrogen-bond acceptors (Lipinski definition) is 5. The molecule has 2 aliphatic rings. The Morgan fingerprint density at radius 2 is 1.68 bits per heavy atom. The van der Waals surface area contributed by atoms with E-state index in [4.69, 9.17) is 27.9 Å². The third-order valence-corrected chi connectivity index (χ3v) is 10.3. The van der Waals surface area contributed by atoms with Gasteiger partial charge in [-0.25, -0.2) is 4.79 Å². The molecule has 0 saturated heterocycles. The van der Waals surface area contributed by atoms with Crippen LogP contribution in [-0.4, -0.2) is 57.2 Å². The van der Waals surface area contributed by atoms with Crippen LogP contribution in [0.4, 0.5) is 0 Å². The molecule has 47 heavy (non-hydrogen) atoms. The number of fused-ring (bicyclic) bond motifs is 1. The molecule has 0 aromatic heterocycles. The Kier molecular flexibility index (Phi) is 10.3. The normalized spacial score (nSPS) is 22.6. The van der Waals surface area contributed by atoms with Crippen LogP contribution in [0.25, 0.3) is 0 Å². The minimum absolute atomic E-state index is 0.243. The highest BCUT2D eigenvalue weighted by atomic mass is 35.5. The van der Waals surface area contributed by atoms with Crippen LogP contribution in [0.15, 0.2) is 66.7 Å². The zero-order valence-corrected chi connectivity index (χ0v) is 28.6. The first-order valence-corrected chi connectivity index (χ1v) is 16.8. The Hall–Kier alpha value is -3.59. The van der Waals surface area contributed by atoms with Gasteiger partial charge in [0.25, 0.3) is 5.91 Å². The number of carbonyl (C=O) groups is 3. The molecule has 3 aromatic carbocycles. The molecule has 1 saturated carbocycles. The summed E-state index contributed by atoms with van der Waals surface area (Å²) in [6, 6.07) is 18.1. The third kappa shape index (κ3) is 7.01. The molecule has 1 aliphatic heterocycles. The van der Waals surface area contributed by atoms with Crippen LogP contribution in [0.3, 0.4) is 0 Å². The van der Waals surface area contributed by atoms with Crippen molar-refractivity contribution >= 4 is 41.0 Å². The molecule has 1 heterocycles. The van der Waals surface area contributed by atoms with E-state index >= 15 is 0 Å². The van der Waals surface area contributed by atoms with E-state index in [0.717, 1.165) is 18.4 Å². The topological polar surface area (TPSA) is 116 Å². The van der Waals surface area contributed by atoms with Gasteiger partial charge in [-0.15, -0.1) is 0 Å². The van der Waals surface area contributed by atoms with Gasteiger partial charge in [-0.3, -0.25) is 9.59 Å². The maximum Gasteiger partial charge on any atom is 0.348 e. The summed E-state index contributed by atoms with van der Waals surface area (Å²) < 4.78 is 6.03. The van der Waals surface area contributed by atoms with Gasteiger partial charge in [0.2, 0.25) is 11.5 Å². The molecule has 4 unspecified atom stereocenters. The van der Waals surface area contributed by atoms with E-state index in [1.165, 1.54) is 0 Å². The molecule has 0 spiro atoms. The molecular weight excluding hydrogens is 639 g/mol. The second-order valence-electron chi connectivity index (χ2n) is 13.7. The monoisotopic (exact) mass is 680 g/mol. The number of carboxylic acids is 1. The van der Waals surface area contributed by atoms with Crippen molar-refractivity contribution in [3.05, 3.63) is 99.0 Å². The van der Waals surface area contributed by atoms with E-state index < -0.39 is 41.1 Å². The molecule has 5 atom stereocenters. The number of ether oxygens (including phenoxy) is 1. The molecule has 1 fully saturated rings. The lowest BCUT2D eigenvalue weighted by atomic mass is 9.76. The second-order valence-corrected chi connectivity index (χ2v) is 14.5. The van der Waals surface area contributed by atoms with Crippen LogP contribution in [-0.2, 0) is 16.0 Å². The largest absolute Gasteiger partial charge is 0.478 e. The number of rotatable bonds is 9. The number of aliphatic carboxylic acids is 1. The number of amides is 2. The molecule has 10 heteroatoms. The molecule has 8 nitrogen and oxygen atoms in total. The summed E-state index contributed by atoms with van der Waals surface area (Å²) >= 11 is 13.0. The number of aliphatic hydroxyl groups excluding tert-OH is 1. The second kappa shape index (κ2) is 13.9. The summed E-state index contributed by atoms with van der Waals surface area (Å²) in [5, 5.41) is 24.9. The van der Waals surface area contributed by atoms with Gasteiger partial charge in [0, 0.05) is 27.6 Å². The fourth-order valence-corrected chi connectivity index (χ4v) is 7.17. The van der Waals surface area contributed by atoms with Gasteiger partial charge in [-0.1, -0.05) is 93.2 Å². The van der Waals surface area contributed by atoms with Gasteiger partial charge in [-0.05, 0) is 73.2 Å². The molecule has 0 radical (unpaired) electrons. The Labute approximate surface area is 286 Å². The number of nitrogens with zero attached hydrogens (tertiary/aromatic N) is 1. The smallest absolute Gasteiger partial charge is 0.348 e. The highest BCUT2D eigenvalue weighted by Gasteiger charge is 2.49. The number of carboxylic acid groups (broad SMARTS) is 1. The summed E-state index contributed by atoms with van der Waals surface area (Å²) in [7, 11) is 0. The standard InChI is InChI=1S/C37H42Cl2N2O6/c1-36(2,3)37(4,35(45)46)47-24-11-9-10-22(20-24)18-19-40-33(43)31-25-12-5-6-13-26(25)34(44)41(29-14-7-8-15-30(29)42)32(31)27-17-16-23(38)21-28(27)39/h5-6,9-13,16-17,20-21,29-32,42H,7-8,14-15,18-19H2,1-4H3,(H,40,43)(H,45,46)/t29?,30?,31?,32?,37-/m1/s1. The van der Waals surface area contributed by atoms with Gasteiger partial charge in [0.05, 0.1) is 24.1 Å². The van der Waals surface area contributed by atoms with E-state index in [1.54, 1.807) is 66.4 Å². The lowest BCUT2D eigenvalue weighted by Gasteiger charge is -2.48. The van der Waals surface area contributed by atoms with Crippen molar-refractivity contribution < 1.29 is 29.3 Å². The molecule has 3 aromatic rings. The van der Waals surface area contributed by atoms with E-state index in [0.29, 0.717) is 51.7 Å². The predicted octanol–water partition coefficient (Wildman–Crippen LogP) is 7.20. The summed E-state index contributed by atoms with van der Waals surface area (Å²) in [5.41, 5.74) is 0.331. The Bertz CT molecular complexity index is 1660. The van der Waals surface area contributed by atoms with Crippen molar-refractivity contribution in [1.29, 1.82) is 0 Å². The third-order valence-electron chi connectivity index (χ3n) is 9.76. The number of hydrogen-bond donors (Lipinski definition) is 3. The first-order valence-electron chi connectivity index (χ1n) is 16.1. The van der Waals surface area contributed by atoms with E-state index in [-0.39, 0.29) is 18.4 Å². The van der Waals surface area contributed by atoms with Gasteiger partial charge in [0.1, 0.15) is 5.75 Å². The highest BCUT2D eigenvalue weighted by molar-refractivity contribution is 6.35. The van der Waals surface area contributed by atoms with E-state index in [1.807, 2.05) is 32.9 Å². The molecule has 2 amide bonds. The van der Waals surface area contributed by atoms with Crippen LogP contribution >= 0.6 is 23.2 Å². The van der Waals surface area contributed by atoms with Crippen LogP contribution < -0.4 is 10.1 Å². The van der Waals surface area contributed by atoms with Crippen molar-refractivity contribution in [2.24, 2.45) is 5.41 Å². The number of benzene rings is 3. The molecule has 5 rings (SSSR count). The van der Waals surface area contributed by atoms with Crippen molar-refractivity contribution in [3.8, 4) is 5.75 Å². The fraction of sp³-hybridized carbons (Fsp3) is 0.432. The van der Waals surface area contributed by atoms with Crippen LogP contribution in [0.1, 0.15) is 92.4 Å². The number of nitrogens with one attached hydrogen (secondary N) is 1. The lowest BCUT2D eigenvalue weighted by Crippen LogP contribution is -2.55. The van der Waals surface area contributed by atoms with Gasteiger partial charge in [0.15, 0.2) is 0 Å². The SMILES string of the molecule is CC(C)(C)[C@](C)(Oc1cccc(CCNC(=O)C2c3ccccc3C(=O)N(C3CCCCC3O)C2c2ccc(Cl)cc2Cl)c1)C(=O)O. The zero-order chi connectivity index (χ0) is 34.1. The Balaban J connectivity index is 1.44. The lowest BCUT2D eigenvalue weighted by molar-refractivity contribution is -0.163. The quantitative estimate of drug-likeness (QED) is 0.220. The number of aliphatic hydroxyl groups is 1. The minimum atomic E-state index is -1.46. The van der Waals surface area contributed by atoms with Crippen LogP contribution in [0.5, 0.6) is 5.75 Å². The molecule has 250 valence electrons. The van der Waals surface area contributed by atoms with Crippen molar-refractivity contribution in [1.82, 2.24) is 10.2 Å². The van der Waals surface area contributed by atoms with Crippen LogP contribution in [0, 0.1) is 5.41 Å². The summed E-state index contributed by atoms with van der Waals surface area (Å²) in [6.45, 7) is 7.29. The maximum atomic E-state index is 14.3. The molecular formula is C37H42Cl2N2O6. The number of carbonyl (C=O) groups excluding carboxylic acids is 2. The average molecular weight is 682 g/mol. The van der Waals surface area contributed by atoms with E-state index in [9.17, 15) is 24.6 Å². The van der Waals surface area contributed by atoms with Gasteiger partial charge >= 0.3 is 5.97 Å². The van der Waals surface area contributed by atoms with Crippen molar-refractivity contribution in [2.75, 3.05) is 6.54 Å². The molecule has 3 N–H and O–H groups in total. The first kappa shape index (κ1) is 34.7. The minimum Gasteiger partial charge on any atom is -0.478 e. The molecule has 1 aliphatic carbocycles. The molecule has 0 bridgehead atoms. The van der Waals surface area contributed by atoms with Crippen LogP contribution in [0.2, 0.25) is 10.0 Å². The average Bonchev–Trinajstić information content (AvgIpc) is 3.01. The Morgan fingerprint density at radius 1 is 0.957 bits per heavy atom. The predicted molar refractivity (Wildman–Crippen MR) is 182 cm³/mol. The maximum absolute atomic E-state index is 14.3. The van der Waals surface area contributed by atoms with Crippen molar-refractivity contribution in [2.45, 2.75) is 89.5 Å².